The molecule has 2 aromatic heterocycles. The molecule has 0 radical (unpaired) electrons. The Morgan fingerprint density at radius 1 is 0.929 bits per heavy atom. The Kier molecular flexibility index (Phi) is 6.84. The van der Waals surface area contributed by atoms with Gasteiger partial charge in [0.2, 0.25) is 11.8 Å². The van der Waals surface area contributed by atoms with Gasteiger partial charge in [-0.15, -0.1) is 0 Å². The number of anilines is 2. The average molecular weight is 564 g/mol. The van der Waals surface area contributed by atoms with Crippen molar-refractivity contribution in [3.8, 4) is 11.5 Å². The van der Waals surface area contributed by atoms with Crippen LogP contribution >= 0.6 is 0 Å². The van der Waals surface area contributed by atoms with Gasteiger partial charge >= 0.3 is 0 Å². The largest absolute Gasteiger partial charge is 0.455 e. The van der Waals surface area contributed by atoms with E-state index in [-0.39, 0.29) is 11.8 Å². The van der Waals surface area contributed by atoms with Gasteiger partial charge < -0.3 is 20.1 Å². The summed E-state index contributed by atoms with van der Waals surface area (Å²) in [7, 11) is 0. The Balaban J connectivity index is 0.984. The van der Waals surface area contributed by atoms with Gasteiger partial charge in [0.05, 0.1) is 18.3 Å². The van der Waals surface area contributed by atoms with Crippen LogP contribution in [0.15, 0.2) is 79.1 Å². The summed E-state index contributed by atoms with van der Waals surface area (Å²) in [6, 6.07) is 20.8. The van der Waals surface area contributed by atoms with Gasteiger partial charge in [0.15, 0.2) is 0 Å². The van der Waals surface area contributed by atoms with Crippen molar-refractivity contribution in [1.82, 2.24) is 14.9 Å². The first kappa shape index (κ1) is 26.6. The highest BCUT2D eigenvalue weighted by atomic mass is 16.5. The number of nitrogens with one attached hydrogen (secondary N) is 2. The van der Waals surface area contributed by atoms with Gasteiger partial charge in [0.25, 0.3) is 0 Å². The number of ether oxygens (including phenoxy) is 2. The molecule has 3 fully saturated rings. The predicted octanol–water partition coefficient (Wildman–Crippen LogP) is 5.39. The second kappa shape index (κ2) is 10.8. The number of hydrogen-bond acceptors (Lipinski definition) is 7. The number of carbonyl (C=O) groups is 2. The molecule has 4 aromatic rings. The van der Waals surface area contributed by atoms with Gasteiger partial charge in [-0.05, 0) is 80.3 Å². The Morgan fingerprint density at radius 3 is 2.55 bits per heavy atom. The van der Waals surface area contributed by atoms with E-state index in [9.17, 15) is 9.59 Å². The van der Waals surface area contributed by atoms with Crippen molar-refractivity contribution in [2.45, 2.75) is 32.2 Å². The molecule has 0 bridgehead atoms. The zero-order chi connectivity index (χ0) is 28.6. The summed E-state index contributed by atoms with van der Waals surface area (Å²) in [4.78, 5) is 37.3. The smallest absolute Gasteiger partial charge is 0.241 e. The molecule has 42 heavy (non-hydrogen) atoms. The van der Waals surface area contributed by atoms with Crippen molar-refractivity contribution in [3.05, 3.63) is 84.7 Å². The topological polar surface area (TPSA) is 106 Å². The van der Waals surface area contributed by atoms with Crippen molar-refractivity contribution >= 4 is 34.2 Å². The summed E-state index contributed by atoms with van der Waals surface area (Å²) >= 11 is 0. The number of amides is 2. The lowest BCUT2D eigenvalue weighted by Gasteiger charge is -2.22. The Morgan fingerprint density at radius 2 is 1.79 bits per heavy atom. The maximum Gasteiger partial charge on any atom is 0.241 e. The molecule has 2 saturated heterocycles. The minimum Gasteiger partial charge on any atom is -0.455 e. The van der Waals surface area contributed by atoms with E-state index in [0.29, 0.717) is 41.3 Å². The molecule has 1 spiro atoms. The number of hydrogen-bond donors (Lipinski definition) is 2. The highest BCUT2D eigenvalue weighted by Crippen LogP contribution is 2.47. The van der Waals surface area contributed by atoms with Crippen molar-refractivity contribution < 1.29 is 19.1 Å². The molecule has 4 heterocycles. The molecular weight excluding hydrogens is 530 g/mol. The minimum absolute atomic E-state index is 0.299. The van der Waals surface area contributed by atoms with Crippen LogP contribution < -0.4 is 15.4 Å². The van der Waals surface area contributed by atoms with E-state index in [1.807, 2.05) is 24.3 Å². The monoisotopic (exact) mass is 563 g/mol. The molecule has 9 nitrogen and oxygen atoms in total. The summed E-state index contributed by atoms with van der Waals surface area (Å²) in [5.41, 5.74) is 2.06. The Hall–Kier alpha value is -4.34. The number of benzene rings is 2. The molecule has 2 aromatic carbocycles. The summed E-state index contributed by atoms with van der Waals surface area (Å²) < 4.78 is 11.8. The molecule has 1 aliphatic carbocycles. The van der Waals surface area contributed by atoms with Gasteiger partial charge in [0, 0.05) is 42.4 Å². The molecule has 7 rings (SSSR count). The number of pyridine rings is 2. The third-order valence-corrected chi connectivity index (χ3v) is 8.73. The number of para-hydroxylation sites is 1. The van der Waals surface area contributed by atoms with Crippen LogP contribution in [-0.2, 0) is 20.9 Å². The van der Waals surface area contributed by atoms with Crippen LogP contribution in [0.3, 0.4) is 0 Å². The second-order valence-corrected chi connectivity index (χ2v) is 11.8. The number of carbonyl (C=O) groups excluding carboxylic acids is 2. The van der Waals surface area contributed by atoms with E-state index in [0.717, 1.165) is 43.8 Å². The van der Waals surface area contributed by atoms with Crippen molar-refractivity contribution in [2.75, 3.05) is 36.9 Å². The van der Waals surface area contributed by atoms with Crippen LogP contribution in [0.5, 0.6) is 11.5 Å². The van der Waals surface area contributed by atoms with E-state index in [1.54, 1.807) is 36.7 Å². The van der Waals surface area contributed by atoms with E-state index >= 15 is 0 Å². The maximum atomic E-state index is 13.0. The molecule has 2 aliphatic heterocycles. The second-order valence-electron chi connectivity index (χ2n) is 11.8. The third kappa shape index (κ3) is 5.33. The molecule has 1 saturated carbocycles. The number of likely N-dealkylation sites (tertiary alicyclic amines) is 1. The number of nitrogens with zero attached hydrogens (tertiary/aromatic N) is 3. The van der Waals surface area contributed by atoms with E-state index in [2.05, 4.69) is 43.7 Å². The number of aromatic nitrogens is 2. The molecule has 2 N–H and O–H groups in total. The van der Waals surface area contributed by atoms with Crippen LogP contribution in [-0.4, -0.2) is 53.0 Å². The summed E-state index contributed by atoms with van der Waals surface area (Å²) in [5, 5.41) is 6.56. The maximum absolute atomic E-state index is 13.0. The third-order valence-electron chi connectivity index (χ3n) is 8.73. The molecule has 1 unspecified atom stereocenters. The highest BCUT2D eigenvalue weighted by Gasteiger charge is 2.56. The van der Waals surface area contributed by atoms with Crippen LogP contribution in [0.25, 0.3) is 10.9 Å². The number of fused-ring (bicyclic) bond motifs is 1. The lowest BCUT2D eigenvalue weighted by Crippen LogP contribution is -2.35. The molecule has 9 heteroatoms. The van der Waals surface area contributed by atoms with Gasteiger partial charge in [-0.2, -0.15) is 0 Å². The summed E-state index contributed by atoms with van der Waals surface area (Å²) in [5.74, 6) is 0.931. The van der Waals surface area contributed by atoms with Crippen molar-refractivity contribution in [1.29, 1.82) is 0 Å². The predicted molar refractivity (Wildman–Crippen MR) is 159 cm³/mol. The van der Waals surface area contributed by atoms with Crippen LogP contribution in [0.1, 0.15) is 31.2 Å². The van der Waals surface area contributed by atoms with Gasteiger partial charge in [-0.3, -0.25) is 19.5 Å². The average Bonchev–Trinajstić information content (AvgIpc) is 3.56. The normalized spacial score (nSPS) is 21.0. The standard InChI is InChI=1S/C33H33N5O4/c39-30(36-24-4-2-1-3-5-24)33(11-12-33)31(40)37-29-9-7-25(19-35-29)42-28-10-15-34-27-18-23(6-8-26(27)28)20-38-16-13-32(21-38)14-17-41-22-32/h1-10,15,18-19H,11-14,16-17,20-22H2,(H,36,39)(H,35,37,40). The first-order valence-electron chi connectivity index (χ1n) is 14.5. The van der Waals surface area contributed by atoms with Crippen molar-refractivity contribution in [3.63, 3.8) is 0 Å². The molecule has 2 amide bonds. The number of rotatable bonds is 8. The van der Waals surface area contributed by atoms with Gasteiger partial charge in [-0.25, -0.2) is 4.98 Å². The summed E-state index contributed by atoms with van der Waals surface area (Å²) in [6.45, 7) is 4.86. The Bertz CT molecular complexity index is 1620. The summed E-state index contributed by atoms with van der Waals surface area (Å²) in [6.07, 6.45) is 6.69. The first-order valence-corrected chi connectivity index (χ1v) is 14.5. The first-order chi connectivity index (χ1) is 20.5. The fraction of sp³-hybridized carbons (Fsp3) is 0.333. The molecule has 3 aliphatic rings. The zero-order valence-electron chi connectivity index (χ0n) is 23.3. The van der Waals surface area contributed by atoms with Gasteiger partial charge in [0.1, 0.15) is 22.7 Å². The molecular formula is C33H33N5O4. The van der Waals surface area contributed by atoms with Crippen molar-refractivity contribution in [2.24, 2.45) is 10.8 Å². The fourth-order valence-electron chi connectivity index (χ4n) is 6.08. The Labute approximate surface area is 244 Å². The molecule has 1 atom stereocenters. The van der Waals surface area contributed by atoms with E-state index in [4.69, 9.17) is 9.47 Å². The van der Waals surface area contributed by atoms with Crippen LogP contribution in [0.4, 0.5) is 11.5 Å². The lowest BCUT2D eigenvalue weighted by molar-refractivity contribution is -0.131. The lowest BCUT2D eigenvalue weighted by atomic mass is 9.87. The van der Waals surface area contributed by atoms with E-state index in [1.165, 1.54) is 18.4 Å². The van der Waals surface area contributed by atoms with E-state index < -0.39 is 5.41 Å². The van der Waals surface area contributed by atoms with Crippen LogP contribution in [0, 0.1) is 10.8 Å². The van der Waals surface area contributed by atoms with Gasteiger partial charge in [-0.1, -0.05) is 24.3 Å². The highest BCUT2D eigenvalue weighted by molar-refractivity contribution is 6.16. The fourth-order valence-corrected chi connectivity index (χ4v) is 6.08. The quantitative estimate of drug-likeness (QED) is 0.277. The molecule has 214 valence electrons. The van der Waals surface area contributed by atoms with Crippen LogP contribution in [0.2, 0.25) is 0 Å². The SMILES string of the molecule is O=C(Nc1ccccc1)C1(C(=O)Nc2ccc(Oc3ccnc4cc(CN5CCC6(CCOC6)C5)ccc34)cn2)CC1. The minimum atomic E-state index is -1.07. The zero-order valence-corrected chi connectivity index (χ0v) is 23.3.